The van der Waals surface area contributed by atoms with E-state index in [1.165, 1.54) is 0 Å². The zero-order valence-electron chi connectivity index (χ0n) is 20.3. The molecule has 0 aromatic heterocycles. The van der Waals surface area contributed by atoms with Crippen LogP contribution in [0.4, 0.5) is 11.4 Å². The quantitative estimate of drug-likeness (QED) is 0.296. The van der Waals surface area contributed by atoms with Crippen LogP contribution in [0.25, 0.3) is 6.08 Å². The summed E-state index contributed by atoms with van der Waals surface area (Å²) in [6, 6.07) is 33.8. The Balaban J connectivity index is 1.47. The molecule has 1 N–H and O–H groups in total. The number of amides is 2. The van der Waals surface area contributed by atoms with Gasteiger partial charge in [-0.05, 0) is 60.2 Å². The van der Waals surface area contributed by atoms with Crippen LogP contribution in [0.1, 0.15) is 24.5 Å². The van der Waals surface area contributed by atoms with Crippen molar-refractivity contribution in [3.8, 4) is 11.5 Å². The third kappa shape index (κ3) is 5.49. The van der Waals surface area contributed by atoms with Crippen LogP contribution < -0.4 is 15.0 Å². The third-order valence-electron chi connectivity index (χ3n) is 5.76. The Hall–Kier alpha value is -4.97. The van der Waals surface area contributed by atoms with Crippen molar-refractivity contribution in [2.24, 2.45) is 4.99 Å². The summed E-state index contributed by atoms with van der Waals surface area (Å²) in [5.74, 6) is 1.64. The van der Waals surface area contributed by atoms with Gasteiger partial charge in [0, 0.05) is 17.7 Å². The molecule has 6 nitrogen and oxygen atoms in total. The lowest BCUT2D eigenvalue weighted by atomic mass is 10.1. The predicted molar refractivity (Wildman–Crippen MR) is 147 cm³/mol. The van der Waals surface area contributed by atoms with Crippen molar-refractivity contribution in [3.05, 3.63) is 126 Å². The average Bonchev–Trinajstić information content (AvgIpc) is 3.26. The van der Waals surface area contributed by atoms with Crippen LogP contribution in [0.5, 0.6) is 11.5 Å². The van der Waals surface area contributed by atoms with Gasteiger partial charge in [-0.15, -0.1) is 0 Å². The van der Waals surface area contributed by atoms with Gasteiger partial charge in [0.25, 0.3) is 5.91 Å². The molecule has 0 atom stereocenters. The van der Waals surface area contributed by atoms with Crippen molar-refractivity contribution in [2.75, 3.05) is 10.2 Å². The van der Waals surface area contributed by atoms with Crippen molar-refractivity contribution in [1.82, 2.24) is 0 Å². The fourth-order valence-electron chi connectivity index (χ4n) is 3.93. The topological polar surface area (TPSA) is 71.0 Å². The molecule has 1 aliphatic heterocycles. The Morgan fingerprint density at radius 1 is 0.865 bits per heavy atom. The maximum Gasteiger partial charge on any atom is 0.282 e. The number of carbonyl (C=O) groups excluding carboxylic acids is 2. The number of amidine groups is 1. The van der Waals surface area contributed by atoms with Gasteiger partial charge in [0.2, 0.25) is 5.91 Å². The van der Waals surface area contributed by atoms with Crippen LogP contribution in [0.3, 0.4) is 0 Å². The van der Waals surface area contributed by atoms with E-state index in [1.54, 1.807) is 42.2 Å². The molecule has 0 saturated heterocycles. The second-order valence-electron chi connectivity index (χ2n) is 8.41. The van der Waals surface area contributed by atoms with Crippen molar-refractivity contribution in [3.63, 3.8) is 0 Å². The van der Waals surface area contributed by atoms with Crippen molar-refractivity contribution >= 4 is 35.1 Å². The molecule has 0 saturated carbocycles. The number of rotatable bonds is 7. The summed E-state index contributed by atoms with van der Waals surface area (Å²) < 4.78 is 5.95. The molecule has 2 amide bonds. The number of benzene rings is 4. The molecule has 0 fully saturated rings. The number of ether oxygens (including phenoxy) is 1. The van der Waals surface area contributed by atoms with Crippen molar-refractivity contribution in [2.45, 2.75) is 13.3 Å². The first-order valence-electron chi connectivity index (χ1n) is 12.0. The third-order valence-corrected chi connectivity index (χ3v) is 5.76. The lowest BCUT2D eigenvalue weighted by Crippen LogP contribution is -2.32. The number of anilines is 2. The maximum absolute atomic E-state index is 13.6. The molecule has 4 aromatic rings. The van der Waals surface area contributed by atoms with E-state index in [0.29, 0.717) is 35.1 Å². The van der Waals surface area contributed by atoms with E-state index in [0.717, 1.165) is 16.9 Å². The summed E-state index contributed by atoms with van der Waals surface area (Å²) in [4.78, 5) is 31.7. The number of nitrogens with one attached hydrogen (secondary N) is 1. The molecule has 6 heteroatoms. The molecule has 182 valence electrons. The van der Waals surface area contributed by atoms with Gasteiger partial charge in [0.1, 0.15) is 23.0 Å². The Morgan fingerprint density at radius 2 is 1.54 bits per heavy atom. The Kier molecular flexibility index (Phi) is 6.90. The summed E-state index contributed by atoms with van der Waals surface area (Å²) in [6.45, 7) is 1.80. The van der Waals surface area contributed by atoms with E-state index in [1.807, 2.05) is 84.9 Å². The zero-order chi connectivity index (χ0) is 25.6. The van der Waals surface area contributed by atoms with Crippen molar-refractivity contribution in [1.29, 1.82) is 0 Å². The SMILES string of the molecule is CCC(=O)Nc1ccc(N2C(=O)/C(=C/c3cccc(Oc4ccccc4)c3)N=C2c2ccccc2)cc1. The molecule has 0 spiro atoms. The minimum Gasteiger partial charge on any atom is -0.457 e. The van der Waals surface area contributed by atoms with Gasteiger partial charge < -0.3 is 10.1 Å². The van der Waals surface area contributed by atoms with Gasteiger partial charge in [-0.25, -0.2) is 4.99 Å². The van der Waals surface area contributed by atoms with Crippen molar-refractivity contribution < 1.29 is 14.3 Å². The van der Waals surface area contributed by atoms with Gasteiger partial charge in [-0.3, -0.25) is 14.5 Å². The predicted octanol–water partition coefficient (Wildman–Crippen LogP) is 6.66. The second-order valence-corrected chi connectivity index (χ2v) is 8.41. The normalized spacial score (nSPS) is 14.0. The second kappa shape index (κ2) is 10.7. The Labute approximate surface area is 215 Å². The number of hydrogen-bond acceptors (Lipinski definition) is 4. The standard InChI is InChI=1S/C31H25N3O3/c1-2-29(35)32-24-16-18-25(19-17-24)34-30(23-11-5-3-6-12-23)33-28(31(34)36)21-22-10-9-15-27(20-22)37-26-13-7-4-8-14-26/h3-21H,2H2,1H3,(H,32,35)/b28-21-. The van der Waals surface area contributed by atoms with Gasteiger partial charge in [0.05, 0.1) is 5.69 Å². The van der Waals surface area contributed by atoms with E-state index < -0.39 is 0 Å². The van der Waals surface area contributed by atoms with E-state index >= 15 is 0 Å². The molecular weight excluding hydrogens is 462 g/mol. The van der Waals surface area contributed by atoms with Crippen LogP contribution in [-0.4, -0.2) is 17.6 Å². The molecule has 5 rings (SSSR count). The smallest absolute Gasteiger partial charge is 0.282 e. The minimum absolute atomic E-state index is 0.0692. The lowest BCUT2D eigenvalue weighted by molar-refractivity contribution is -0.116. The number of hydrogen-bond donors (Lipinski definition) is 1. The summed E-state index contributed by atoms with van der Waals surface area (Å²) in [5, 5.41) is 2.83. The van der Waals surface area contributed by atoms with E-state index in [9.17, 15) is 9.59 Å². The Bertz CT molecular complexity index is 1480. The average molecular weight is 488 g/mol. The fraction of sp³-hybridized carbons (Fsp3) is 0.0645. The fourth-order valence-corrected chi connectivity index (χ4v) is 3.93. The highest BCUT2D eigenvalue weighted by Crippen LogP contribution is 2.30. The van der Waals surface area contributed by atoms with Crippen LogP contribution in [-0.2, 0) is 9.59 Å². The van der Waals surface area contributed by atoms with E-state index in [2.05, 4.69) is 5.32 Å². The summed E-state index contributed by atoms with van der Waals surface area (Å²) in [5.41, 5.74) is 3.27. The van der Waals surface area contributed by atoms with E-state index in [4.69, 9.17) is 9.73 Å². The molecule has 1 heterocycles. The van der Waals surface area contributed by atoms with Gasteiger partial charge in [-0.2, -0.15) is 0 Å². The highest BCUT2D eigenvalue weighted by atomic mass is 16.5. The summed E-state index contributed by atoms with van der Waals surface area (Å²) >= 11 is 0. The summed E-state index contributed by atoms with van der Waals surface area (Å²) in [7, 11) is 0. The Morgan fingerprint density at radius 3 is 2.24 bits per heavy atom. The van der Waals surface area contributed by atoms with Gasteiger partial charge in [-0.1, -0.05) is 67.6 Å². The molecule has 0 radical (unpaired) electrons. The number of nitrogens with zero attached hydrogens (tertiary/aromatic N) is 2. The highest BCUT2D eigenvalue weighted by molar-refractivity contribution is 6.33. The zero-order valence-corrected chi connectivity index (χ0v) is 20.3. The van der Waals surface area contributed by atoms with E-state index in [-0.39, 0.29) is 11.8 Å². The minimum atomic E-state index is -0.237. The molecule has 0 aliphatic carbocycles. The largest absolute Gasteiger partial charge is 0.457 e. The van der Waals surface area contributed by atoms with Gasteiger partial charge in [0.15, 0.2) is 0 Å². The van der Waals surface area contributed by atoms with Crippen LogP contribution in [0.15, 0.2) is 120 Å². The molecule has 0 bridgehead atoms. The summed E-state index contributed by atoms with van der Waals surface area (Å²) in [6.07, 6.45) is 2.15. The first-order valence-corrected chi connectivity index (χ1v) is 12.0. The number of para-hydroxylation sites is 1. The van der Waals surface area contributed by atoms with Crippen LogP contribution in [0.2, 0.25) is 0 Å². The molecule has 4 aromatic carbocycles. The molecular formula is C31H25N3O3. The highest BCUT2D eigenvalue weighted by Gasteiger charge is 2.32. The lowest BCUT2D eigenvalue weighted by Gasteiger charge is -2.19. The first kappa shape index (κ1) is 23.8. The number of carbonyl (C=O) groups is 2. The van der Waals surface area contributed by atoms with Gasteiger partial charge >= 0.3 is 0 Å². The van der Waals surface area contributed by atoms with Crippen LogP contribution in [0, 0.1) is 0 Å². The van der Waals surface area contributed by atoms with Crippen LogP contribution >= 0.6 is 0 Å². The molecule has 37 heavy (non-hydrogen) atoms. The monoisotopic (exact) mass is 487 g/mol. The molecule has 1 aliphatic rings. The first-order chi connectivity index (χ1) is 18.1. The molecule has 0 unspecified atom stereocenters. The number of aliphatic imine (C=N–C) groups is 1. The maximum atomic E-state index is 13.6.